The molecule has 0 atom stereocenters. The minimum Gasteiger partial charge on any atom is -0.310 e. The Labute approximate surface area is 126 Å². The summed E-state index contributed by atoms with van der Waals surface area (Å²) in [6.07, 6.45) is 5.40. The predicted octanol–water partition coefficient (Wildman–Crippen LogP) is 5.14. The van der Waals surface area contributed by atoms with E-state index in [0.717, 1.165) is 12.5 Å². The van der Waals surface area contributed by atoms with Crippen LogP contribution in [0.15, 0.2) is 28.7 Å². The van der Waals surface area contributed by atoms with Gasteiger partial charge in [-0.2, -0.15) is 0 Å². The van der Waals surface area contributed by atoms with E-state index in [1.54, 1.807) is 0 Å². The fourth-order valence-corrected chi connectivity index (χ4v) is 3.48. The molecule has 0 radical (unpaired) electrons. The topological polar surface area (TPSA) is 12.0 Å². The van der Waals surface area contributed by atoms with Crippen LogP contribution in [-0.2, 0) is 6.54 Å². The van der Waals surface area contributed by atoms with Gasteiger partial charge in [-0.25, -0.2) is 0 Å². The molecule has 1 saturated carbocycles. The molecule has 1 aliphatic carbocycles. The zero-order valence-corrected chi connectivity index (χ0v) is 14.0. The van der Waals surface area contributed by atoms with Crippen LogP contribution in [0.5, 0.6) is 0 Å². The highest BCUT2D eigenvalue weighted by molar-refractivity contribution is 9.10. The second-order valence-corrected chi connectivity index (χ2v) is 7.74. The average Bonchev–Trinajstić information content (AvgIpc) is 2.37. The Kier molecular flexibility index (Phi) is 5.08. The van der Waals surface area contributed by atoms with E-state index in [4.69, 9.17) is 0 Å². The quantitative estimate of drug-likeness (QED) is 0.811. The maximum Gasteiger partial charge on any atom is 0.0220 e. The number of benzene rings is 1. The molecule has 2 rings (SSSR count). The third-order valence-corrected chi connectivity index (χ3v) is 5.26. The van der Waals surface area contributed by atoms with Crippen molar-refractivity contribution in [3.63, 3.8) is 0 Å². The Hall–Kier alpha value is -0.340. The molecule has 1 nitrogen and oxygen atoms in total. The molecule has 0 aliphatic heterocycles. The molecule has 0 unspecified atom stereocenters. The first kappa shape index (κ1) is 15.1. The van der Waals surface area contributed by atoms with E-state index in [2.05, 4.69) is 66.3 Å². The maximum atomic E-state index is 3.72. The Balaban J connectivity index is 1.79. The van der Waals surface area contributed by atoms with E-state index >= 15 is 0 Å². The Morgan fingerprint density at radius 3 is 2.32 bits per heavy atom. The normalized spacial score (nSPS) is 24.4. The van der Waals surface area contributed by atoms with Crippen molar-refractivity contribution < 1.29 is 0 Å². The minimum absolute atomic E-state index is 0.480. The van der Waals surface area contributed by atoms with Crippen molar-refractivity contribution in [3.8, 4) is 0 Å². The molecule has 0 bridgehead atoms. The second-order valence-electron chi connectivity index (χ2n) is 6.89. The van der Waals surface area contributed by atoms with Crippen molar-refractivity contribution in [1.29, 1.82) is 0 Å². The summed E-state index contributed by atoms with van der Waals surface area (Å²) in [5.41, 5.74) is 1.84. The molecule has 2 heteroatoms. The van der Waals surface area contributed by atoms with E-state index in [9.17, 15) is 0 Å². The minimum atomic E-state index is 0.480. The lowest BCUT2D eigenvalue weighted by Gasteiger charge is -2.37. The summed E-state index contributed by atoms with van der Waals surface area (Å²) in [6.45, 7) is 8.12. The summed E-state index contributed by atoms with van der Waals surface area (Å²) < 4.78 is 1.21. The van der Waals surface area contributed by atoms with Crippen LogP contribution in [0, 0.1) is 11.3 Å². The monoisotopic (exact) mass is 323 g/mol. The van der Waals surface area contributed by atoms with E-state index in [1.807, 2.05) is 0 Å². The highest BCUT2D eigenvalue weighted by Gasteiger charge is 2.29. The first-order chi connectivity index (χ1) is 8.97. The SMILES string of the molecule is CC(C)(C)C1CCC(NCc2ccccc2Br)CC1. The van der Waals surface area contributed by atoms with Gasteiger partial charge in [-0.05, 0) is 48.6 Å². The summed E-state index contributed by atoms with van der Waals surface area (Å²) in [6, 6.07) is 9.19. The number of hydrogen-bond donors (Lipinski definition) is 1. The molecule has 0 aromatic heterocycles. The average molecular weight is 324 g/mol. The molecule has 1 aromatic carbocycles. The standard InChI is InChI=1S/C17H26BrN/c1-17(2,3)14-8-10-15(11-9-14)19-12-13-6-4-5-7-16(13)18/h4-7,14-15,19H,8-12H2,1-3H3. The molecular formula is C17H26BrN. The Morgan fingerprint density at radius 1 is 1.11 bits per heavy atom. The summed E-state index contributed by atoms with van der Waals surface area (Å²) in [5, 5.41) is 3.72. The van der Waals surface area contributed by atoms with Crippen LogP contribution in [0.25, 0.3) is 0 Å². The summed E-state index contributed by atoms with van der Waals surface area (Å²) in [4.78, 5) is 0. The molecule has 0 saturated heterocycles. The largest absolute Gasteiger partial charge is 0.310 e. The van der Waals surface area contributed by atoms with Gasteiger partial charge in [-0.1, -0.05) is 54.9 Å². The van der Waals surface area contributed by atoms with Crippen LogP contribution in [0.2, 0.25) is 0 Å². The lowest BCUT2D eigenvalue weighted by atomic mass is 9.71. The summed E-state index contributed by atoms with van der Waals surface area (Å²) in [5.74, 6) is 0.897. The molecule has 19 heavy (non-hydrogen) atoms. The third-order valence-electron chi connectivity index (χ3n) is 4.49. The molecule has 1 aliphatic rings. The van der Waals surface area contributed by atoms with Crippen LogP contribution in [-0.4, -0.2) is 6.04 Å². The third kappa shape index (κ3) is 4.32. The van der Waals surface area contributed by atoms with Gasteiger partial charge in [0.25, 0.3) is 0 Å². The van der Waals surface area contributed by atoms with Crippen molar-refractivity contribution in [3.05, 3.63) is 34.3 Å². The number of nitrogens with one attached hydrogen (secondary N) is 1. The van der Waals surface area contributed by atoms with Crippen LogP contribution >= 0.6 is 15.9 Å². The van der Waals surface area contributed by atoms with E-state index < -0.39 is 0 Å². The van der Waals surface area contributed by atoms with Gasteiger partial charge in [-0.3, -0.25) is 0 Å². The van der Waals surface area contributed by atoms with Gasteiger partial charge >= 0.3 is 0 Å². The van der Waals surface area contributed by atoms with Crippen LogP contribution < -0.4 is 5.32 Å². The zero-order chi connectivity index (χ0) is 13.9. The molecular weight excluding hydrogens is 298 g/mol. The van der Waals surface area contributed by atoms with Crippen LogP contribution in [0.1, 0.15) is 52.0 Å². The molecule has 1 aromatic rings. The van der Waals surface area contributed by atoms with E-state index in [0.29, 0.717) is 11.5 Å². The van der Waals surface area contributed by atoms with Crippen LogP contribution in [0.4, 0.5) is 0 Å². The summed E-state index contributed by atoms with van der Waals surface area (Å²) >= 11 is 3.62. The van der Waals surface area contributed by atoms with Gasteiger partial charge in [0.05, 0.1) is 0 Å². The van der Waals surface area contributed by atoms with Crippen molar-refractivity contribution in [2.75, 3.05) is 0 Å². The molecule has 1 N–H and O–H groups in total. The van der Waals surface area contributed by atoms with Crippen molar-refractivity contribution in [1.82, 2.24) is 5.32 Å². The van der Waals surface area contributed by atoms with Gasteiger partial charge in [0.15, 0.2) is 0 Å². The molecule has 106 valence electrons. The van der Waals surface area contributed by atoms with Gasteiger partial charge < -0.3 is 5.32 Å². The molecule has 0 heterocycles. The van der Waals surface area contributed by atoms with Gasteiger partial charge in [0.2, 0.25) is 0 Å². The number of hydrogen-bond acceptors (Lipinski definition) is 1. The molecule has 1 fully saturated rings. The zero-order valence-electron chi connectivity index (χ0n) is 12.4. The fraction of sp³-hybridized carbons (Fsp3) is 0.647. The predicted molar refractivity (Wildman–Crippen MR) is 86.2 cm³/mol. The molecule has 0 spiro atoms. The van der Waals surface area contributed by atoms with Gasteiger partial charge in [0, 0.05) is 17.1 Å². The van der Waals surface area contributed by atoms with E-state index in [1.165, 1.54) is 35.7 Å². The van der Waals surface area contributed by atoms with E-state index in [-0.39, 0.29) is 0 Å². The second kappa shape index (κ2) is 6.41. The Morgan fingerprint density at radius 2 is 1.74 bits per heavy atom. The van der Waals surface area contributed by atoms with Crippen LogP contribution in [0.3, 0.4) is 0 Å². The van der Waals surface area contributed by atoms with Gasteiger partial charge in [0.1, 0.15) is 0 Å². The van der Waals surface area contributed by atoms with Crippen molar-refractivity contribution >= 4 is 15.9 Å². The van der Waals surface area contributed by atoms with Crippen molar-refractivity contribution in [2.24, 2.45) is 11.3 Å². The highest BCUT2D eigenvalue weighted by atomic mass is 79.9. The molecule has 0 amide bonds. The maximum absolute atomic E-state index is 3.72. The lowest BCUT2D eigenvalue weighted by Crippen LogP contribution is -2.35. The number of halogens is 1. The van der Waals surface area contributed by atoms with Gasteiger partial charge in [-0.15, -0.1) is 0 Å². The fourth-order valence-electron chi connectivity index (χ4n) is 3.06. The lowest BCUT2D eigenvalue weighted by molar-refractivity contribution is 0.160. The highest BCUT2D eigenvalue weighted by Crippen LogP contribution is 2.37. The first-order valence-electron chi connectivity index (χ1n) is 7.43. The smallest absolute Gasteiger partial charge is 0.0220 e. The Bertz CT molecular complexity index is 400. The number of rotatable bonds is 3. The first-order valence-corrected chi connectivity index (χ1v) is 8.23. The van der Waals surface area contributed by atoms with Crippen molar-refractivity contribution in [2.45, 2.75) is 59.0 Å². The summed E-state index contributed by atoms with van der Waals surface area (Å²) in [7, 11) is 0.